The zero-order chi connectivity index (χ0) is 19.8. The van der Waals surface area contributed by atoms with Gasteiger partial charge in [-0.25, -0.2) is 0 Å². The lowest BCUT2D eigenvalue weighted by molar-refractivity contribution is -0.121. The van der Waals surface area contributed by atoms with E-state index in [-0.39, 0.29) is 11.0 Å². The highest BCUT2D eigenvalue weighted by Gasteiger charge is 2.22. The molecule has 0 saturated heterocycles. The molecule has 0 heterocycles. The van der Waals surface area contributed by atoms with Crippen molar-refractivity contribution in [1.29, 1.82) is 0 Å². The Kier molecular flexibility index (Phi) is 7.31. The van der Waals surface area contributed by atoms with Gasteiger partial charge in [0.1, 0.15) is 5.25 Å². The quantitative estimate of drug-likeness (QED) is 0.297. The van der Waals surface area contributed by atoms with E-state index >= 15 is 0 Å². The molecule has 1 amide bonds. The number of anilines is 1. The zero-order valence-corrected chi connectivity index (χ0v) is 17.2. The molecule has 3 N–H and O–H groups in total. The van der Waals surface area contributed by atoms with Gasteiger partial charge in [0.2, 0.25) is 0 Å². The molecular formula is C21H18ClN3OS2. The third kappa shape index (κ3) is 5.73. The van der Waals surface area contributed by atoms with E-state index in [9.17, 15) is 4.79 Å². The minimum absolute atomic E-state index is 0.205. The van der Waals surface area contributed by atoms with E-state index in [0.29, 0.717) is 10.7 Å². The van der Waals surface area contributed by atoms with Gasteiger partial charge >= 0.3 is 0 Å². The zero-order valence-electron chi connectivity index (χ0n) is 14.8. The van der Waals surface area contributed by atoms with Crippen LogP contribution in [-0.4, -0.2) is 11.0 Å². The number of thioether (sulfide) groups is 1. The van der Waals surface area contributed by atoms with Gasteiger partial charge in [-0.2, -0.15) is 0 Å². The molecule has 0 fully saturated rings. The molecule has 0 aromatic heterocycles. The van der Waals surface area contributed by atoms with Crippen molar-refractivity contribution in [2.45, 2.75) is 10.1 Å². The number of amides is 1. The van der Waals surface area contributed by atoms with Gasteiger partial charge in [-0.15, -0.1) is 11.8 Å². The first kappa shape index (κ1) is 20.2. The lowest BCUT2D eigenvalue weighted by Crippen LogP contribution is -2.45. The van der Waals surface area contributed by atoms with Crippen LogP contribution in [0.3, 0.4) is 0 Å². The second-order valence-electron chi connectivity index (χ2n) is 5.77. The molecule has 0 bridgehead atoms. The Morgan fingerprint density at radius 3 is 2.14 bits per heavy atom. The van der Waals surface area contributed by atoms with Gasteiger partial charge in [0.25, 0.3) is 5.91 Å². The van der Waals surface area contributed by atoms with E-state index in [1.54, 1.807) is 12.1 Å². The first-order valence-electron chi connectivity index (χ1n) is 8.51. The Morgan fingerprint density at radius 2 is 1.46 bits per heavy atom. The molecule has 3 rings (SSSR count). The minimum Gasteiger partial charge on any atom is -0.330 e. The van der Waals surface area contributed by atoms with E-state index < -0.39 is 5.25 Å². The topological polar surface area (TPSA) is 53.2 Å². The summed E-state index contributed by atoms with van der Waals surface area (Å²) < 4.78 is 0. The Morgan fingerprint density at radius 1 is 0.857 bits per heavy atom. The van der Waals surface area contributed by atoms with Crippen molar-refractivity contribution in [3.05, 3.63) is 95.5 Å². The predicted octanol–water partition coefficient (Wildman–Crippen LogP) is 5.19. The number of thiocarbonyl (C=S) groups is 1. The molecule has 28 heavy (non-hydrogen) atoms. The number of hydrogen-bond donors (Lipinski definition) is 3. The van der Waals surface area contributed by atoms with Crippen LogP contribution in [0.1, 0.15) is 10.8 Å². The minimum atomic E-state index is -0.431. The summed E-state index contributed by atoms with van der Waals surface area (Å²) in [5.41, 5.74) is 6.99. The number of carbonyl (C=O) groups is 1. The van der Waals surface area contributed by atoms with E-state index in [4.69, 9.17) is 23.8 Å². The summed E-state index contributed by atoms with van der Waals surface area (Å²) in [6.07, 6.45) is 0. The molecule has 3 aromatic rings. The van der Waals surface area contributed by atoms with Crippen LogP contribution < -0.4 is 16.2 Å². The van der Waals surface area contributed by atoms with Gasteiger partial charge in [0.05, 0.1) is 10.7 Å². The molecule has 3 aromatic carbocycles. The summed E-state index contributed by atoms with van der Waals surface area (Å²) in [7, 11) is 0. The molecule has 0 unspecified atom stereocenters. The van der Waals surface area contributed by atoms with Gasteiger partial charge < -0.3 is 5.32 Å². The van der Waals surface area contributed by atoms with Crippen molar-refractivity contribution in [3.63, 3.8) is 0 Å². The fourth-order valence-corrected chi connectivity index (χ4v) is 3.83. The monoisotopic (exact) mass is 427 g/mol. The summed E-state index contributed by atoms with van der Waals surface area (Å²) in [6.45, 7) is 0. The van der Waals surface area contributed by atoms with Gasteiger partial charge in [0, 0.05) is 4.90 Å². The third-order valence-electron chi connectivity index (χ3n) is 3.76. The number of hydrogen-bond acceptors (Lipinski definition) is 3. The standard InChI is InChI=1S/C21H18ClN3OS2/c22-17-13-7-8-14-18(17)23-21(27)25-24-20(26)19(15-9-3-1-4-10-15)28-16-11-5-2-6-12-16/h1-14,19H,(H,24,26)(H2,23,25,27)/t19-/m1/s1. The molecular weight excluding hydrogens is 410 g/mol. The summed E-state index contributed by atoms with van der Waals surface area (Å²) in [4.78, 5) is 13.9. The third-order valence-corrected chi connectivity index (χ3v) is 5.56. The lowest BCUT2D eigenvalue weighted by atomic mass is 10.1. The van der Waals surface area contributed by atoms with Crippen molar-refractivity contribution in [2.24, 2.45) is 0 Å². The summed E-state index contributed by atoms with van der Waals surface area (Å²) in [5.74, 6) is -0.205. The van der Waals surface area contributed by atoms with Crippen molar-refractivity contribution >= 4 is 52.3 Å². The van der Waals surface area contributed by atoms with E-state index in [1.165, 1.54) is 11.8 Å². The number of nitrogens with one attached hydrogen (secondary N) is 3. The molecule has 1 atom stereocenters. The SMILES string of the molecule is O=C(NNC(=S)Nc1ccccc1Cl)[C@H](Sc1ccccc1)c1ccccc1. The molecule has 142 valence electrons. The van der Waals surface area contributed by atoms with Crippen molar-refractivity contribution < 1.29 is 4.79 Å². The normalized spacial score (nSPS) is 11.3. The Bertz CT molecular complexity index is 939. The van der Waals surface area contributed by atoms with Crippen molar-refractivity contribution in [1.82, 2.24) is 10.9 Å². The molecule has 0 spiro atoms. The Labute approximate surface area is 178 Å². The highest BCUT2D eigenvalue weighted by atomic mass is 35.5. The summed E-state index contributed by atoms with van der Waals surface area (Å²) in [6, 6.07) is 26.6. The number of rotatable bonds is 5. The largest absolute Gasteiger partial charge is 0.330 e. The van der Waals surface area contributed by atoms with E-state index in [0.717, 1.165) is 10.5 Å². The van der Waals surface area contributed by atoms with Gasteiger partial charge in [-0.3, -0.25) is 15.6 Å². The second-order valence-corrected chi connectivity index (χ2v) is 7.76. The second kappa shape index (κ2) is 10.1. The van der Waals surface area contributed by atoms with E-state index in [1.807, 2.05) is 72.8 Å². The van der Waals surface area contributed by atoms with Crippen LogP contribution >= 0.6 is 35.6 Å². The molecule has 4 nitrogen and oxygen atoms in total. The Hall–Kier alpha value is -2.54. The van der Waals surface area contributed by atoms with Crippen LogP contribution in [-0.2, 0) is 4.79 Å². The lowest BCUT2D eigenvalue weighted by Gasteiger charge is -2.18. The average molecular weight is 428 g/mol. The number of hydrazine groups is 1. The Balaban J connectivity index is 1.66. The summed E-state index contributed by atoms with van der Waals surface area (Å²) >= 11 is 12.8. The summed E-state index contributed by atoms with van der Waals surface area (Å²) in [5, 5.41) is 3.32. The molecule has 0 aliphatic rings. The number of benzene rings is 3. The highest BCUT2D eigenvalue weighted by Crippen LogP contribution is 2.35. The van der Waals surface area contributed by atoms with Crippen LogP contribution in [0.4, 0.5) is 5.69 Å². The highest BCUT2D eigenvalue weighted by molar-refractivity contribution is 8.00. The maximum absolute atomic E-state index is 12.9. The average Bonchev–Trinajstić information content (AvgIpc) is 2.73. The molecule has 0 aliphatic heterocycles. The molecule has 7 heteroatoms. The van der Waals surface area contributed by atoms with Gasteiger partial charge in [0.15, 0.2) is 5.11 Å². The van der Waals surface area contributed by atoms with Crippen LogP contribution in [0.15, 0.2) is 89.8 Å². The number of para-hydroxylation sites is 1. The van der Waals surface area contributed by atoms with Crippen molar-refractivity contribution in [3.8, 4) is 0 Å². The molecule has 0 radical (unpaired) electrons. The van der Waals surface area contributed by atoms with Crippen molar-refractivity contribution in [2.75, 3.05) is 5.32 Å². The van der Waals surface area contributed by atoms with Gasteiger partial charge in [-0.1, -0.05) is 72.3 Å². The maximum atomic E-state index is 12.9. The molecule has 0 saturated carbocycles. The number of carbonyl (C=O) groups excluding carboxylic acids is 1. The predicted molar refractivity (Wildman–Crippen MR) is 120 cm³/mol. The van der Waals surface area contributed by atoms with Crippen LogP contribution in [0.5, 0.6) is 0 Å². The van der Waals surface area contributed by atoms with E-state index in [2.05, 4.69) is 16.2 Å². The molecule has 0 aliphatic carbocycles. The van der Waals surface area contributed by atoms with Gasteiger partial charge in [-0.05, 0) is 42.0 Å². The first-order valence-corrected chi connectivity index (χ1v) is 10.2. The first-order chi connectivity index (χ1) is 13.6. The fourth-order valence-electron chi connectivity index (χ4n) is 2.44. The fraction of sp³-hybridized carbons (Fsp3) is 0.0476. The smallest absolute Gasteiger partial charge is 0.256 e. The van der Waals surface area contributed by atoms with Crippen LogP contribution in [0.2, 0.25) is 5.02 Å². The van der Waals surface area contributed by atoms with Crippen LogP contribution in [0, 0.1) is 0 Å². The maximum Gasteiger partial charge on any atom is 0.256 e. The number of halogens is 1. The van der Waals surface area contributed by atoms with Crippen LogP contribution in [0.25, 0.3) is 0 Å².